The summed E-state index contributed by atoms with van der Waals surface area (Å²) in [7, 11) is 0. The van der Waals surface area contributed by atoms with Crippen molar-refractivity contribution >= 4 is 29.8 Å². The third-order valence-corrected chi connectivity index (χ3v) is 9.06. The number of thiol groups is 1. The van der Waals surface area contributed by atoms with Gasteiger partial charge in [0.2, 0.25) is 5.95 Å². The van der Waals surface area contributed by atoms with Gasteiger partial charge in [-0.3, -0.25) is 4.98 Å². The average Bonchev–Trinajstić information content (AvgIpc) is 3.34. The van der Waals surface area contributed by atoms with Crippen molar-refractivity contribution in [1.82, 2.24) is 19.6 Å². The standard InChI is InChI=1S/C29H32F2N6OS/c1-16-10-19(13-24(32)28(16)39)21-4-7-33-15-26(21)35-29-34-14-20-2-3-25(36-37(20)29)27-22(30)11-18(12-23(27)31)17-5-8-38-9-6-17/h2-4,7,11-12,14-17,19,24,28,39H,5-6,8-10,13,32H2,1H3,(H,34,35). The van der Waals surface area contributed by atoms with E-state index < -0.39 is 11.6 Å². The lowest BCUT2D eigenvalue weighted by Gasteiger charge is -2.37. The zero-order chi connectivity index (χ0) is 27.1. The predicted molar refractivity (Wildman–Crippen MR) is 151 cm³/mol. The number of nitrogens with one attached hydrogen (secondary N) is 1. The molecule has 1 aliphatic heterocycles. The smallest absolute Gasteiger partial charge is 0.229 e. The summed E-state index contributed by atoms with van der Waals surface area (Å²) in [4.78, 5) is 8.81. The summed E-state index contributed by atoms with van der Waals surface area (Å²) in [5.74, 6) is -0.111. The summed E-state index contributed by atoms with van der Waals surface area (Å²) in [6, 6.07) is 8.24. The van der Waals surface area contributed by atoms with Crippen molar-refractivity contribution in [2.24, 2.45) is 11.7 Å². The first-order valence-electron chi connectivity index (χ1n) is 13.5. The topological polar surface area (TPSA) is 90.4 Å². The van der Waals surface area contributed by atoms with Crippen LogP contribution >= 0.6 is 12.6 Å². The van der Waals surface area contributed by atoms with E-state index >= 15 is 8.78 Å². The fourth-order valence-corrected chi connectivity index (χ4v) is 6.26. The van der Waals surface area contributed by atoms with Crippen molar-refractivity contribution in [3.63, 3.8) is 0 Å². The molecule has 3 aromatic heterocycles. The summed E-state index contributed by atoms with van der Waals surface area (Å²) in [6.07, 6.45) is 8.50. The Morgan fingerprint density at radius 2 is 1.82 bits per heavy atom. The SMILES string of the molecule is CC1CC(c2ccncc2Nc2ncc3ccc(-c4c(F)cc(C5CCOCC5)cc4F)nn23)CC(N)C1S. The van der Waals surface area contributed by atoms with Crippen molar-refractivity contribution < 1.29 is 13.5 Å². The van der Waals surface area contributed by atoms with Crippen molar-refractivity contribution in [3.05, 3.63) is 71.7 Å². The Bertz CT molecular complexity index is 1450. The molecule has 7 nitrogen and oxygen atoms in total. The van der Waals surface area contributed by atoms with Crippen molar-refractivity contribution in [3.8, 4) is 11.3 Å². The van der Waals surface area contributed by atoms with Gasteiger partial charge in [-0.1, -0.05) is 6.92 Å². The van der Waals surface area contributed by atoms with Crippen LogP contribution < -0.4 is 11.1 Å². The Hall–Kier alpha value is -3.08. The Kier molecular flexibility index (Phi) is 7.26. The molecule has 2 aliphatic rings. The molecule has 4 aromatic rings. The van der Waals surface area contributed by atoms with Crippen LogP contribution in [0.2, 0.25) is 0 Å². The minimum Gasteiger partial charge on any atom is -0.381 e. The highest BCUT2D eigenvalue weighted by molar-refractivity contribution is 7.81. The predicted octanol–water partition coefficient (Wildman–Crippen LogP) is 5.85. The Morgan fingerprint density at radius 3 is 2.56 bits per heavy atom. The number of pyridine rings is 1. The van der Waals surface area contributed by atoms with Gasteiger partial charge in [-0.25, -0.2) is 13.8 Å². The van der Waals surface area contributed by atoms with E-state index in [1.54, 1.807) is 35.2 Å². The molecule has 1 aromatic carbocycles. The lowest BCUT2D eigenvalue weighted by Crippen LogP contribution is -2.41. The van der Waals surface area contributed by atoms with E-state index in [2.05, 4.69) is 27.3 Å². The number of hydrogen-bond donors (Lipinski definition) is 3. The molecule has 1 saturated heterocycles. The van der Waals surface area contributed by atoms with Crippen LogP contribution in [0, 0.1) is 17.6 Å². The maximum absolute atomic E-state index is 15.3. The second-order valence-corrected chi connectivity index (χ2v) is 11.4. The molecular weight excluding hydrogens is 518 g/mol. The number of rotatable bonds is 5. The fraction of sp³-hybridized carbons (Fsp3) is 0.414. The lowest BCUT2D eigenvalue weighted by atomic mass is 9.76. The number of nitrogens with zero attached hydrogens (tertiary/aromatic N) is 4. The van der Waals surface area contributed by atoms with Crippen LogP contribution in [0.3, 0.4) is 0 Å². The molecule has 39 heavy (non-hydrogen) atoms. The maximum Gasteiger partial charge on any atom is 0.229 e. The van der Waals surface area contributed by atoms with Crippen molar-refractivity contribution in [2.45, 2.75) is 55.7 Å². The number of anilines is 2. The average molecular weight is 551 g/mol. The van der Waals surface area contributed by atoms with Crippen molar-refractivity contribution in [1.29, 1.82) is 0 Å². The van der Waals surface area contributed by atoms with Gasteiger partial charge in [-0.15, -0.1) is 0 Å². The molecule has 10 heteroatoms. The number of nitrogens with two attached hydrogens (primary N) is 1. The second-order valence-electron chi connectivity index (χ2n) is 10.8. The van der Waals surface area contributed by atoms with Crippen LogP contribution in [0.25, 0.3) is 16.8 Å². The van der Waals surface area contributed by atoms with Crippen molar-refractivity contribution in [2.75, 3.05) is 18.5 Å². The molecule has 2 fully saturated rings. The zero-order valence-corrected chi connectivity index (χ0v) is 22.6. The first-order chi connectivity index (χ1) is 18.9. The molecule has 0 bridgehead atoms. The highest BCUT2D eigenvalue weighted by Crippen LogP contribution is 2.41. The molecule has 1 saturated carbocycles. The molecule has 0 amide bonds. The lowest BCUT2D eigenvalue weighted by molar-refractivity contribution is 0.0852. The number of aromatic nitrogens is 4. The number of hydrogen-bond acceptors (Lipinski definition) is 7. The highest BCUT2D eigenvalue weighted by Gasteiger charge is 2.33. The summed E-state index contributed by atoms with van der Waals surface area (Å²) in [5.41, 5.74) is 9.69. The van der Waals surface area contributed by atoms with Gasteiger partial charge in [0.05, 0.1) is 34.9 Å². The maximum atomic E-state index is 15.3. The molecule has 4 atom stereocenters. The second kappa shape index (κ2) is 10.8. The molecule has 0 spiro atoms. The monoisotopic (exact) mass is 550 g/mol. The molecule has 1 aliphatic carbocycles. The quantitative estimate of drug-likeness (QED) is 0.270. The van der Waals surface area contributed by atoms with Crippen LogP contribution in [0.5, 0.6) is 0 Å². The number of benzene rings is 1. The highest BCUT2D eigenvalue weighted by atomic mass is 32.1. The van der Waals surface area contributed by atoms with Crippen LogP contribution in [-0.2, 0) is 4.74 Å². The third kappa shape index (κ3) is 5.13. The number of imidazole rings is 1. The number of ether oxygens (including phenoxy) is 1. The molecule has 4 unspecified atom stereocenters. The number of fused-ring (bicyclic) bond motifs is 1. The third-order valence-electron chi connectivity index (χ3n) is 8.17. The fourth-order valence-electron chi connectivity index (χ4n) is 6.02. The van der Waals surface area contributed by atoms with Gasteiger partial charge in [-0.2, -0.15) is 22.2 Å². The molecular formula is C29H32F2N6OS. The Balaban J connectivity index is 1.32. The first kappa shape index (κ1) is 26.2. The largest absolute Gasteiger partial charge is 0.381 e. The van der Waals surface area contributed by atoms with Gasteiger partial charge in [0.1, 0.15) is 11.6 Å². The van der Waals surface area contributed by atoms with Crippen LogP contribution in [0.1, 0.15) is 55.6 Å². The summed E-state index contributed by atoms with van der Waals surface area (Å²) < 4.78 is 37.6. The molecule has 4 heterocycles. The molecule has 6 rings (SSSR count). The van der Waals surface area contributed by atoms with E-state index in [0.717, 1.165) is 36.9 Å². The van der Waals surface area contributed by atoms with Crippen LogP contribution in [-0.4, -0.2) is 44.1 Å². The van der Waals surface area contributed by atoms with Gasteiger partial charge in [0.15, 0.2) is 0 Å². The molecule has 0 radical (unpaired) electrons. The Labute approximate surface area is 231 Å². The minimum absolute atomic E-state index is 0.00204. The molecule has 204 valence electrons. The van der Waals surface area contributed by atoms with E-state index in [4.69, 9.17) is 23.1 Å². The van der Waals surface area contributed by atoms with Crippen LogP contribution in [0.4, 0.5) is 20.4 Å². The van der Waals surface area contributed by atoms with E-state index in [1.807, 2.05) is 6.07 Å². The van der Waals surface area contributed by atoms with E-state index in [9.17, 15) is 0 Å². The van der Waals surface area contributed by atoms with Gasteiger partial charge >= 0.3 is 0 Å². The van der Waals surface area contributed by atoms with E-state index in [-0.39, 0.29) is 34.4 Å². The van der Waals surface area contributed by atoms with Gasteiger partial charge in [0, 0.05) is 30.7 Å². The van der Waals surface area contributed by atoms with Gasteiger partial charge in [-0.05, 0) is 84.9 Å². The first-order valence-corrected chi connectivity index (χ1v) is 14.0. The van der Waals surface area contributed by atoms with E-state index in [1.165, 1.54) is 12.1 Å². The molecule has 3 N–H and O–H groups in total. The zero-order valence-electron chi connectivity index (χ0n) is 21.7. The summed E-state index contributed by atoms with van der Waals surface area (Å²) >= 11 is 4.70. The summed E-state index contributed by atoms with van der Waals surface area (Å²) in [6.45, 7) is 3.39. The van der Waals surface area contributed by atoms with E-state index in [0.29, 0.717) is 36.2 Å². The minimum atomic E-state index is -0.627. The van der Waals surface area contributed by atoms with Gasteiger partial charge in [0.25, 0.3) is 0 Å². The van der Waals surface area contributed by atoms with Gasteiger partial charge < -0.3 is 15.8 Å². The normalized spacial score (nSPS) is 24.2. The Morgan fingerprint density at radius 1 is 1.05 bits per heavy atom. The summed E-state index contributed by atoms with van der Waals surface area (Å²) in [5, 5.41) is 8.12. The number of halogens is 2. The van der Waals surface area contributed by atoms with Crippen LogP contribution in [0.15, 0.2) is 48.9 Å².